The lowest BCUT2D eigenvalue weighted by atomic mass is 9.75. The molecule has 2 nitrogen and oxygen atoms in total. The molecule has 0 aliphatic heterocycles. The van der Waals surface area contributed by atoms with Crippen LogP contribution >= 0.6 is 11.6 Å². The van der Waals surface area contributed by atoms with Gasteiger partial charge in [0, 0.05) is 10.6 Å². The highest BCUT2D eigenvalue weighted by molar-refractivity contribution is 6.61. The van der Waals surface area contributed by atoms with Gasteiger partial charge in [-0.25, -0.2) is 0 Å². The van der Waals surface area contributed by atoms with Crippen LogP contribution in [-0.2, 0) is 0 Å². The van der Waals surface area contributed by atoms with Crippen molar-refractivity contribution in [3.63, 3.8) is 0 Å². The second kappa shape index (κ2) is 5.29. The van der Waals surface area contributed by atoms with E-state index in [1.165, 1.54) is 0 Å². The molecule has 98 valence electrons. The number of benzene rings is 3. The molecular weight excluding hydrogens is 270 g/mol. The molecule has 0 aliphatic rings. The third kappa shape index (κ3) is 2.31. The van der Waals surface area contributed by atoms with E-state index < -0.39 is 7.12 Å². The minimum absolute atomic E-state index is 0.410. The molecule has 0 spiro atoms. The van der Waals surface area contributed by atoms with E-state index in [1.807, 2.05) is 42.5 Å². The third-order valence-corrected chi connectivity index (χ3v) is 3.68. The number of halogens is 1. The SMILES string of the molecule is OB(O)c1cccc(Cl)c1-c1ccc2ccccc2c1. The Labute approximate surface area is 122 Å². The topological polar surface area (TPSA) is 40.5 Å². The first-order valence-corrected chi connectivity index (χ1v) is 6.68. The molecule has 0 aliphatic carbocycles. The lowest BCUT2D eigenvalue weighted by Crippen LogP contribution is -2.31. The molecule has 0 atom stereocenters. The van der Waals surface area contributed by atoms with Gasteiger partial charge in [0.1, 0.15) is 0 Å². The predicted molar refractivity (Wildman–Crippen MR) is 84.2 cm³/mol. The molecule has 0 amide bonds. The number of hydrogen-bond donors (Lipinski definition) is 2. The molecule has 0 saturated carbocycles. The first kappa shape index (κ1) is 13.2. The van der Waals surface area contributed by atoms with Gasteiger partial charge in [0.05, 0.1) is 0 Å². The maximum atomic E-state index is 9.50. The van der Waals surface area contributed by atoms with Crippen molar-refractivity contribution in [2.24, 2.45) is 0 Å². The summed E-state index contributed by atoms with van der Waals surface area (Å²) in [5.74, 6) is 0. The van der Waals surface area contributed by atoms with Gasteiger partial charge in [0.2, 0.25) is 0 Å². The Kier molecular flexibility index (Phi) is 3.49. The minimum atomic E-state index is -1.55. The Morgan fingerprint density at radius 1 is 0.800 bits per heavy atom. The van der Waals surface area contributed by atoms with Crippen molar-refractivity contribution in [3.05, 3.63) is 65.7 Å². The lowest BCUT2D eigenvalue weighted by Gasteiger charge is -2.12. The highest BCUT2D eigenvalue weighted by Gasteiger charge is 2.19. The van der Waals surface area contributed by atoms with Crippen LogP contribution in [0, 0.1) is 0 Å². The van der Waals surface area contributed by atoms with Gasteiger partial charge < -0.3 is 10.0 Å². The predicted octanol–water partition coefficient (Wildman–Crippen LogP) is 2.84. The largest absolute Gasteiger partial charge is 0.489 e. The summed E-state index contributed by atoms with van der Waals surface area (Å²) in [5, 5.41) is 21.7. The van der Waals surface area contributed by atoms with Crippen LogP contribution in [0.1, 0.15) is 0 Å². The van der Waals surface area contributed by atoms with Crippen molar-refractivity contribution in [2.45, 2.75) is 0 Å². The summed E-state index contributed by atoms with van der Waals surface area (Å²) < 4.78 is 0. The van der Waals surface area contributed by atoms with Crippen molar-refractivity contribution in [3.8, 4) is 11.1 Å². The summed E-state index contributed by atoms with van der Waals surface area (Å²) >= 11 is 6.24. The van der Waals surface area contributed by atoms with Crippen LogP contribution < -0.4 is 5.46 Å². The molecule has 3 aromatic rings. The summed E-state index contributed by atoms with van der Waals surface area (Å²) in [6.07, 6.45) is 0. The molecule has 4 heteroatoms. The Balaban J connectivity index is 2.25. The van der Waals surface area contributed by atoms with Crippen molar-refractivity contribution < 1.29 is 10.0 Å². The van der Waals surface area contributed by atoms with E-state index in [4.69, 9.17) is 11.6 Å². The molecule has 3 rings (SSSR count). The molecular formula is C16H12BClO2. The van der Waals surface area contributed by atoms with Crippen molar-refractivity contribution in [2.75, 3.05) is 0 Å². The zero-order valence-electron chi connectivity index (χ0n) is 10.6. The maximum Gasteiger partial charge on any atom is 0.489 e. The minimum Gasteiger partial charge on any atom is -0.423 e. The zero-order valence-corrected chi connectivity index (χ0v) is 11.4. The molecule has 0 heterocycles. The normalized spacial score (nSPS) is 10.8. The molecule has 0 unspecified atom stereocenters. The van der Waals surface area contributed by atoms with Gasteiger partial charge in [-0.1, -0.05) is 60.1 Å². The fourth-order valence-corrected chi connectivity index (χ4v) is 2.70. The monoisotopic (exact) mass is 282 g/mol. The van der Waals surface area contributed by atoms with Gasteiger partial charge in [0.15, 0.2) is 0 Å². The number of rotatable bonds is 2. The second-order valence-corrected chi connectivity index (χ2v) is 5.05. The molecule has 0 fully saturated rings. The van der Waals surface area contributed by atoms with Crippen LogP contribution in [0.2, 0.25) is 5.02 Å². The Bertz CT molecular complexity index is 771. The van der Waals surface area contributed by atoms with Crippen LogP contribution in [0.5, 0.6) is 0 Å². The van der Waals surface area contributed by atoms with E-state index in [9.17, 15) is 10.0 Å². The number of hydrogen-bond acceptors (Lipinski definition) is 2. The zero-order chi connectivity index (χ0) is 14.1. The fourth-order valence-electron chi connectivity index (χ4n) is 2.41. The van der Waals surface area contributed by atoms with E-state index in [2.05, 4.69) is 0 Å². The standard InChI is InChI=1S/C16H12BClO2/c18-15-7-3-6-14(17(19)20)16(15)13-9-8-11-4-1-2-5-12(11)10-13/h1-10,19-20H. The third-order valence-electron chi connectivity index (χ3n) is 3.36. The quantitative estimate of drug-likeness (QED) is 0.710. The maximum absolute atomic E-state index is 9.50. The number of fused-ring (bicyclic) bond motifs is 1. The van der Waals surface area contributed by atoms with Crippen LogP contribution in [-0.4, -0.2) is 17.2 Å². The molecule has 20 heavy (non-hydrogen) atoms. The van der Waals surface area contributed by atoms with Gasteiger partial charge in [0.25, 0.3) is 0 Å². The van der Waals surface area contributed by atoms with Gasteiger partial charge in [-0.15, -0.1) is 0 Å². The van der Waals surface area contributed by atoms with E-state index in [1.54, 1.807) is 18.2 Å². The van der Waals surface area contributed by atoms with Gasteiger partial charge >= 0.3 is 7.12 Å². The molecule has 2 N–H and O–H groups in total. The van der Waals surface area contributed by atoms with E-state index >= 15 is 0 Å². The van der Waals surface area contributed by atoms with E-state index in [0.717, 1.165) is 16.3 Å². The van der Waals surface area contributed by atoms with E-state index in [-0.39, 0.29) is 0 Å². The molecule has 0 radical (unpaired) electrons. The Morgan fingerprint density at radius 2 is 1.55 bits per heavy atom. The summed E-state index contributed by atoms with van der Waals surface area (Å²) in [6.45, 7) is 0. The first-order valence-electron chi connectivity index (χ1n) is 6.30. The summed E-state index contributed by atoms with van der Waals surface area (Å²) in [6, 6.07) is 19.1. The summed E-state index contributed by atoms with van der Waals surface area (Å²) in [7, 11) is -1.55. The second-order valence-electron chi connectivity index (χ2n) is 4.64. The van der Waals surface area contributed by atoms with Crippen LogP contribution in [0.15, 0.2) is 60.7 Å². The Morgan fingerprint density at radius 3 is 2.30 bits per heavy atom. The molecule has 0 aromatic heterocycles. The highest BCUT2D eigenvalue weighted by Crippen LogP contribution is 2.29. The average Bonchev–Trinajstić information content (AvgIpc) is 2.46. The van der Waals surface area contributed by atoms with Gasteiger partial charge in [-0.2, -0.15) is 0 Å². The van der Waals surface area contributed by atoms with Crippen LogP contribution in [0.25, 0.3) is 21.9 Å². The Hall–Kier alpha value is -1.81. The lowest BCUT2D eigenvalue weighted by molar-refractivity contribution is 0.426. The van der Waals surface area contributed by atoms with Crippen LogP contribution in [0.3, 0.4) is 0 Å². The van der Waals surface area contributed by atoms with Gasteiger partial charge in [-0.05, 0) is 33.9 Å². The van der Waals surface area contributed by atoms with Crippen LogP contribution in [0.4, 0.5) is 0 Å². The summed E-state index contributed by atoms with van der Waals surface area (Å²) in [4.78, 5) is 0. The molecule has 0 saturated heterocycles. The summed E-state index contributed by atoms with van der Waals surface area (Å²) in [5.41, 5.74) is 1.94. The smallest absolute Gasteiger partial charge is 0.423 e. The van der Waals surface area contributed by atoms with Crippen molar-refractivity contribution >= 4 is 35.0 Å². The molecule has 0 bridgehead atoms. The highest BCUT2D eigenvalue weighted by atomic mass is 35.5. The average molecular weight is 283 g/mol. The van der Waals surface area contributed by atoms with Gasteiger partial charge in [-0.3, -0.25) is 0 Å². The first-order chi connectivity index (χ1) is 9.66. The van der Waals surface area contributed by atoms with E-state index in [0.29, 0.717) is 16.0 Å². The van der Waals surface area contributed by atoms with Crippen molar-refractivity contribution in [1.29, 1.82) is 0 Å². The fraction of sp³-hybridized carbons (Fsp3) is 0. The van der Waals surface area contributed by atoms with Crippen molar-refractivity contribution in [1.82, 2.24) is 0 Å². The molecule has 3 aromatic carbocycles.